The van der Waals surface area contributed by atoms with Gasteiger partial charge in [-0.05, 0) is 34.8 Å². The number of rotatable bonds is 3. The van der Waals surface area contributed by atoms with Crippen LogP contribution in [0.15, 0.2) is 16.6 Å². The predicted octanol–water partition coefficient (Wildman–Crippen LogP) is 2.42. The Hall–Kier alpha value is -1.21. The monoisotopic (exact) mass is 317 g/mol. The van der Waals surface area contributed by atoms with Crippen LogP contribution in [-0.4, -0.2) is 24.1 Å². The molecule has 1 heterocycles. The normalized spacial score (nSPS) is 19.3. The zero-order valence-electron chi connectivity index (χ0n) is 9.60. The van der Waals surface area contributed by atoms with Gasteiger partial charge in [0.15, 0.2) is 0 Å². The smallest absolute Gasteiger partial charge is 0.295 e. The van der Waals surface area contributed by atoms with Crippen molar-refractivity contribution in [1.29, 1.82) is 0 Å². The van der Waals surface area contributed by atoms with Gasteiger partial charge in [0.05, 0.1) is 15.5 Å². The first-order chi connectivity index (χ1) is 8.54. The molecular weight excluding hydrogens is 305 g/mol. The topological polar surface area (TPSA) is 72.4 Å². The molecule has 1 aliphatic rings. The average molecular weight is 318 g/mol. The van der Waals surface area contributed by atoms with E-state index in [9.17, 15) is 14.5 Å². The minimum Gasteiger partial charge on any atom is -0.362 e. The average Bonchev–Trinajstić information content (AvgIpc) is 2.79. The third kappa shape index (κ3) is 2.32. The van der Waals surface area contributed by atoms with Crippen molar-refractivity contribution in [3.8, 4) is 0 Å². The minimum absolute atomic E-state index is 0.0843. The lowest BCUT2D eigenvalue weighted by Crippen LogP contribution is -2.35. The fourth-order valence-corrected chi connectivity index (χ4v) is 2.63. The zero-order chi connectivity index (χ0) is 13.3. The second kappa shape index (κ2) is 5.19. The van der Waals surface area contributed by atoms with E-state index in [1.807, 2.05) is 4.90 Å². The molecule has 2 N–H and O–H groups in total. The number of hydrogen-bond acceptors (Lipinski definition) is 4. The van der Waals surface area contributed by atoms with Gasteiger partial charge in [0.1, 0.15) is 11.5 Å². The van der Waals surface area contributed by atoms with Gasteiger partial charge >= 0.3 is 0 Å². The summed E-state index contributed by atoms with van der Waals surface area (Å²) in [6.07, 6.45) is 1.84. The summed E-state index contributed by atoms with van der Waals surface area (Å²) < 4.78 is 13.6. The lowest BCUT2D eigenvalue weighted by Gasteiger charge is -2.25. The van der Waals surface area contributed by atoms with Crippen LogP contribution in [-0.2, 0) is 0 Å². The zero-order valence-corrected chi connectivity index (χ0v) is 11.2. The van der Waals surface area contributed by atoms with Gasteiger partial charge in [0.25, 0.3) is 5.69 Å². The number of nitro benzene ring substituents is 1. The van der Waals surface area contributed by atoms with E-state index in [1.54, 1.807) is 0 Å². The van der Waals surface area contributed by atoms with Crippen molar-refractivity contribution in [3.05, 3.63) is 32.5 Å². The summed E-state index contributed by atoms with van der Waals surface area (Å²) in [7, 11) is 0. The van der Waals surface area contributed by atoms with Crippen molar-refractivity contribution in [3.63, 3.8) is 0 Å². The van der Waals surface area contributed by atoms with E-state index in [0.717, 1.165) is 18.9 Å². The molecule has 1 atom stereocenters. The first kappa shape index (κ1) is 13.2. The lowest BCUT2D eigenvalue weighted by atomic mass is 10.2. The Labute approximate surface area is 112 Å². The van der Waals surface area contributed by atoms with Crippen molar-refractivity contribution in [1.82, 2.24) is 0 Å². The molecular formula is C11H13BrFN3O2. The number of hydrogen-bond donors (Lipinski definition) is 1. The highest BCUT2D eigenvalue weighted by atomic mass is 79.9. The summed E-state index contributed by atoms with van der Waals surface area (Å²) in [4.78, 5) is 12.3. The standard InChI is InChI=1S/C11H13BrFN3O2/c12-8-4-10(11(16(17)18)5-9(8)13)15-3-1-2-7(15)6-14/h4-5,7H,1-3,6,14H2. The summed E-state index contributed by atoms with van der Waals surface area (Å²) in [5.74, 6) is -0.631. The van der Waals surface area contributed by atoms with Gasteiger partial charge in [0.2, 0.25) is 0 Å². The van der Waals surface area contributed by atoms with Gasteiger partial charge in [-0.25, -0.2) is 4.39 Å². The molecule has 7 heteroatoms. The molecule has 0 spiro atoms. The maximum Gasteiger partial charge on any atom is 0.295 e. The Morgan fingerprint density at radius 2 is 2.33 bits per heavy atom. The van der Waals surface area contributed by atoms with E-state index in [-0.39, 0.29) is 16.2 Å². The van der Waals surface area contributed by atoms with Gasteiger partial charge in [-0.15, -0.1) is 0 Å². The number of nitrogens with two attached hydrogens (primary N) is 1. The van der Waals surface area contributed by atoms with Gasteiger partial charge in [0, 0.05) is 19.1 Å². The quantitative estimate of drug-likeness (QED) is 0.686. The van der Waals surface area contributed by atoms with Crippen molar-refractivity contribution in [2.75, 3.05) is 18.0 Å². The third-order valence-corrected chi connectivity index (χ3v) is 3.78. The highest BCUT2D eigenvalue weighted by molar-refractivity contribution is 9.10. The van der Waals surface area contributed by atoms with Crippen LogP contribution in [0.25, 0.3) is 0 Å². The molecule has 0 aliphatic carbocycles. The van der Waals surface area contributed by atoms with Crippen molar-refractivity contribution in [2.24, 2.45) is 5.73 Å². The van der Waals surface area contributed by atoms with Crippen LogP contribution in [0.2, 0.25) is 0 Å². The van der Waals surface area contributed by atoms with Gasteiger partial charge in [-0.2, -0.15) is 0 Å². The number of halogens is 2. The van der Waals surface area contributed by atoms with E-state index in [4.69, 9.17) is 5.73 Å². The summed E-state index contributed by atoms with van der Waals surface area (Å²) in [6.45, 7) is 1.15. The first-order valence-corrected chi connectivity index (χ1v) is 6.44. The van der Waals surface area contributed by atoms with E-state index in [0.29, 0.717) is 18.8 Å². The second-order valence-electron chi connectivity index (χ2n) is 4.24. The predicted molar refractivity (Wildman–Crippen MR) is 70.2 cm³/mol. The Kier molecular flexibility index (Phi) is 3.82. The molecule has 1 aromatic rings. The molecule has 98 valence electrons. The summed E-state index contributed by atoms with van der Waals surface area (Å²) in [5, 5.41) is 11.0. The SMILES string of the molecule is NCC1CCCN1c1cc(Br)c(F)cc1[N+](=O)[O-]. The van der Waals surface area contributed by atoms with Crippen LogP contribution < -0.4 is 10.6 Å². The van der Waals surface area contributed by atoms with E-state index in [1.165, 1.54) is 6.07 Å². The van der Waals surface area contributed by atoms with Crippen molar-refractivity contribution < 1.29 is 9.31 Å². The van der Waals surface area contributed by atoms with Crippen molar-refractivity contribution in [2.45, 2.75) is 18.9 Å². The molecule has 1 aliphatic heterocycles. The molecule has 2 rings (SSSR count). The molecule has 1 unspecified atom stereocenters. The van der Waals surface area contributed by atoms with Crippen LogP contribution in [0.1, 0.15) is 12.8 Å². The summed E-state index contributed by atoms with van der Waals surface area (Å²) in [6, 6.07) is 2.49. The molecule has 0 amide bonds. The van der Waals surface area contributed by atoms with Crippen LogP contribution in [0.4, 0.5) is 15.8 Å². The largest absolute Gasteiger partial charge is 0.362 e. The highest BCUT2D eigenvalue weighted by Gasteiger charge is 2.30. The highest BCUT2D eigenvalue weighted by Crippen LogP contribution is 2.36. The maximum absolute atomic E-state index is 13.4. The van der Waals surface area contributed by atoms with Crippen LogP contribution in [0.5, 0.6) is 0 Å². The van der Waals surface area contributed by atoms with Gasteiger partial charge < -0.3 is 10.6 Å². The van der Waals surface area contributed by atoms with Crippen LogP contribution in [0, 0.1) is 15.9 Å². The molecule has 1 aromatic carbocycles. The number of anilines is 1. The fourth-order valence-electron chi connectivity index (χ4n) is 2.30. The lowest BCUT2D eigenvalue weighted by molar-refractivity contribution is -0.384. The van der Waals surface area contributed by atoms with E-state index in [2.05, 4.69) is 15.9 Å². The Morgan fingerprint density at radius 3 is 2.94 bits per heavy atom. The summed E-state index contributed by atoms with van der Waals surface area (Å²) >= 11 is 3.06. The number of nitro groups is 1. The number of benzene rings is 1. The first-order valence-electron chi connectivity index (χ1n) is 5.64. The Balaban J connectivity index is 2.48. The molecule has 1 saturated heterocycles. The molecule has 5 nitrogen and oxygen atoms in total. The fraction of sp³-hybridized carbons (Fsp3) is 0.455. The molecule has 0 radical (unpaired) electrons. The second-order valence-corrected chi connectivity index (χ2v) is 5.09. The van der Waals surface area contributed by atoms with Crippen LogP contribution in [0.3, 0.4) is 0 Å². The molecule has 1 fully saturated rings. The Bertz CT molecular complexity index is 484. The van der Waals surface area contributed by atoms with Crippen LogP contribution >= 0.6 is 15.9 Å². The minimum atomic E-state index is -0.631. The maximum atomic E-state index is 13.4. The molecule has 0 aromatic heterocycles. The molecule has 0 saturated carbocycles. The molecule has 18 heavy (non-hydrogen) atoms. The molecule has 0 bridgehead atoms. The summed E-state index contributed by atoms with van der Waals surface area (Å²) in [5.41, 5.74) is 5.88. The van der Waals surface area contributed by atoms with Gasteiger partial charge in [-0.1, -0.05) is 0 Å². The van der Waals surface area contributed by atoms with E-state index >= 15 is 0 Å². The number of nitrogens with zero attached hydrogens (tertiary/aromatic N) is 2. The third-order valence-electron chi connectivity index (χ3n) is 3.17. The van der Waals surface area contributed by atoms with E-state index < -0.39 is 10.7 Å². The Morgan fingerprint density at radius 1 is 1.61 bits per heavy atom. The van der Waals surface area contributed by atoms with Gasteiger partial charge in [-0.3, -0.25) is 10.1 Å². The van der Waals surface area contributed by atoms with Crippen molar-refractivity contribution >= 4 is 27.3 Å².